The molecule has 2 aromatic rings. The number of anilines is 1. The highest BCUT2D eigenvalue weighted by molar-refractivity contribution is 5.87. The van der Waals surface area contributed by atoms with E-state index in [9.17, 15) is 9.18 Å². The van der Waals surface area contributed by atoms with E-state index >= 15 is 0 Å². The Morgan fingerprint density at radius 2 is 2.11 bits per heavy atom. The lowest BCUT2D eigenvalue weighted by molar-refractivity contribution is 0.149. The molecule has 8 heteroatoms. The number of rotatable bonds is 5. The molecular weight excluding hydrogens is 349 g/mol. The Balaban J connectivity index is 1.57. The molecular formula is C19H22FN5O2. The molecule has 4 N–H and O–H groups in total. The molecule has 3 rings (SSSR count). The summed E-state index contributed by atoms with van der Waals surface area (Å²) >= 11 is 0. The zero-order valence-electron chi connectivity index (χ0n) is 15.1. The van der Waals surface area contributed by atoms with Gasteiger partial charge in [-0.3, -0.25) is 4.98 Å². The first-order chi connectivity index (χ1) is 12.9. The summed E-state index contributed by atoms with van der Waals surface area (Å²) in [5.74, 6) is -0.340. The molecule has 1 saturated heterocycles. The van der Waals surface area contributed by atoms with Crippen molar-refractivity contribution in [3.63, 3.8) is 0 Å². The minimum atomic E-state index is -0.949. The number of nitrogens with two attached hydrogens (primary N) is 2. The van der Waals surface area contributed by atoms with Gasteiger partial charge in [-0.1, -0.05) is 18.2 Å². The summed E-state index contributed by atoms with van der Waals surface area (Å²) in [6.45, 7) is 3.25. The van der Waals surface area contributed by atoms with Crippen molar-refractivity contribution < 1.29 is 13.9 Å². The third-order valence-corrected chi connectivity index (χ3v) is 4.42. The summed E-state index contributed by atoms with van der Waals surface area (Å²) in [4.78, 5) is 20.9. The summed E-state index contributed by atoms with van der Waals surface area (Å²) in [6.07, 6.45) is 1.86. The van der Waals surface area contributed by atoms with Gasteiger partial charge in [-0.15, -0.1) is 4.99 Å². The molecule has 27 heavy (non-hydrogen) atoms. The standard InChI is InChI=1S/C19H22FN5O2/c1-12-5-6-13(8-23-12)7-14-9-25(10-14)16-4-2-3-15(17(16)20)11-27-19(26)24-18(21)22/h2-6,8,14H,7,9-11H2,1H3,(H4,21,22,24,26). The summed E-state index contributed by atoms with van der Waals surface area (Å²) < 4.78 is 19.6. The van der Waals surface area contributed by atoms with Crippen LogP contribution in [0.15, 0.2) is 41.5 Å². The number of carbonyl (C=O) groups is 1. The van der Waals surface area contributed by atoms with Gasteiger partial charge in [-0.2, -0.15) is 0 Å². The fourth-order valence-corrected chi connectivity index (χ4v) is 3.05. The predicted molar refractivity (Wildman–Crippen MR) is 101 cm³/mol. The monoisotopic (exact) mass is 371 g/mol. The third kappa shape index (κ3) is 4.72. The third-order valence-electron chi connectivity index (χ3n) is 4.42. The van der Waals surface area contributed by atoms with Gasteiger partial charge in [-0.05, 0) is 37.0 Å². The van der Waals surface area contributed by atoms with Gasteiger partial charge in [0, 0.05) is 30.5 Å². The Morgan fingerprint density at radius 3 is 2.78 bits per heavy atom. The Kier molecular flexibility index (Phi) is 5.54. The van der Waals surface area contributed by atoms with Gasteiger partial charge in [0.2, 0.25) is 0 Å². The van der Waals surface area contributed by atoms with Crippen LogP contribution in [0.25, 0.3) is 0 Å². The van der Waals surface area contributed by atoms with Crippen molar-refractivity contribution in [2.45, 2.75) is 20.0 Å². The molecule has 0 spiro atoms. The second-order valence-corrected chi connectivity index (χ2v) is 6.62. The maximum atomic E-state index is 14.7. The average Bonchev–Trinajstić information content (AvgIpc) is 2.58. The van der Waals surface area contributed by atoms with Crippen LogP contribution in [-0.2, 0) is 17.8 Å². The molecule has 2 heterocycles. The first-order valence-corrected chi connectivity index (χ1v) is 8.62. The predicted octanol–water partition coefficient (Wildman–Crippen LogP) is 2.12. The number of aryl methyl sites for hydroxylation is 1. The molecule has 0 saturated carbocycles. The molecule has 1 amide bonds. The van der Waals surface area contributed by atoms with Crippen molar-refractivity contribution in [2.75, 3.05) is 18.0 Å². The highest BCUT2D eigenvalue weighted by Gasteiger charge is 2.29. The number of ether oxygens (including phenoxy) is 1. The van der Waals surface area contributed by atoms with Crippen LogP contribution in [0.2, 0.25) is 0 Å². The lowest BCUT2D eigenvalue weighted by Gasteiger charge is -2.41. The minimum absolute atomic E-state index is 0.235. The van der Waals surface area contributed by atoms with Crippen molar-refractivity contribution in [3.05, 3.63) is 59.2 Å². The van der Waals surface area contributed by atoms with Crippen molar-refractivity contribution in [3.8, 4) is 0 Å². The highest BCUT2D eigenvalue weighted by Crippen LogP contribution is 2.30. The van der Waals surface area contributed by atoms with Gasteiger partial charge in [0.05, 0.1) is 5.69 Å². The Hall–Kier alpha value is -3.16. The number of hydrogen-bond acceptors (Lipinski definition) is 4. The number of amides is 1. The van der Waals surface area contributed by atoms with E-state index in [0.717, 1.165) is 25.2 Å². The topological polar surface area (TPSA) is 107 Å². The maximum absolute atomic E-state index is 14.7. The van der Waals surface area contributed by atoms with Crippen molar-refractivity contribution in [1.29, 1.82) is 0 Å². The van der Waals surface area contributed by atoms with Crippen LogP contribution < -0.4 is 16.4 Å². The Labute approximate surface area is 156 Å². The molecule has 1 aromatic carbocycles. The molecule has 7 nitrogen and oxygen atoms in total. The SMILES string of the molecule is Cc1ccc(CC2CN(c3cccc(COC(=O)N=C(N)N)c3F)C2)cn1. The molecule has 0 bridgehead atoms. The average molecular weight is 371 g/mol. The van der Waals surface area contributed by atoms with Crippen molar-refractivity contribution in [1.82, 2.24) is 4.98 Å². The highest BCUT2D eigenvalue weighted by atomic mass is 19.1. The lowest BCUT2D eigenvalue weighted by Crippen LogP contribution is -2.48. The molecule has 0 unspecified atom stereocenters. The minimum Gasteiger partial charge on any atom is -0.443 e. The van der Waals surface area contributed by atoms with E-state index in [1.807, 2.05) is 24.1 Å². The van der Waals surface area contributed by atoms with Gasteiger partial charge in [0.1, 0.15) is 6.61 Å². The molecule has 1 fully saturated rings. The number of halogens is 1. The summed E-state index contributed by atoms with van der Waals surface area (Å²) in [5, 5.41) is 0. The van der Waals surface area contributed by atoms with E-state index in [0.29, 0.717) is 11.6 Å². The number of pyridine rings is 1. The van der Waals surface area contributed by atoms with Crippen LogP contribution in [0.3, 0.4) is 0 Å². The molecule has 0 radical (unpaired) electrons. The lowest BCUT2D eigenvalue weighted by atomic mass is 9.92. The van der Waals surface area contributed by atoms with Crippen LogP contribution in [0.4, 0.5) is 14.9 Å². The maximum Gasteiger partial charge on any atom is 0.437 e. The van der Waals surface area contributed by atoms with Gasteiger partial charge in [0.25, 0.3) is 0 Å². The largest absolute Gasteiger partial charge is 0.443 e. The van der Waals surface area contributed by atoms with Crippen LogP contribution >= 0.6 is 0 Å². The number of carbonyl (C=O) groups excluding carboxylic acids is 1. The molecule has 1 aromatic heterocycles. The van der Waals surface area contributed by atoms with Crippen LogP contribution in [0.5, 0.6) is 0 Å². The molecule has 0 aliphatic carbocycles. The second kappa shape index (κ2) is 8.03. The van der Waals surface area contributed by atoms with Gasteiger partial charge < -0.3 is 21.1 Å². The van der Waals surface area contributed by atoms with Crippen molar-refractivity contribution in [2.24, 2.45) is 22.4 Å². The zero-order chi connectivity index (χ0) is 19.4. The first kappa shape index (κ1) is 18.6. The fraction of sp³-hybridized carbons (Fsp3) is 0.316. The summed E-state index contributed by atoms with van der Waals surface area (Å²) in [6, 6.07) is 9.10. The number of hydrogen-bond donors (Lipinski definition) is 2. The quantitative estimate of drug-likeness (QED) is 0.616. The fourth-order valence-electron chi connectivity index (χ4n) is 3.05. The van der Waals surface area contributed by atoms with Gasteiger partial charge in [-0.25, -0.2) is 9.18 Å². The Bertz CT molecular complexity index is 844. The van der Waals surface area contributed by atoms with E-state index in [4.69, 9.17) is 16.2 Å². The smallest absolute Gasteiger partial charge is 0.437 e. The number of aliphatic imine (C=N–C) groups is 1. The van der Waals surface area contributed by atoms with E-state index < -0.39 is 17.9 Å². The number of benzene rings is 1. The van der Waals surface area contributed by atoms with Crippen LogP contribution in [0, 0.1) is 18.7 Å². The summed E-state index contributed by atoms with van der Waals surface area (Å²) in [7, 11) is 0. The van der Waals surface area contributed by atoms with Gasteiger partial charge in [0.15, 0.2) is 11.8 Å². The Morgan fingerprint density at radius 1 is 1.33 bits per heavy atom. The molecule has 0 atom stereocenters. The van der Waals surface area contributed by atoms with Crippen LogP contribution in [0.1, 0.15) is 16.8 Å². The number of aromatic nitrogens is 1. The molecule has 1 aliphatic heterocycles. The number of nitrogens with zero attached hydrogens (tertiary/aromatic N) is 3. The normalized spacial score (nSPS) is 13.8. The van der Waals surface area contributed by atoms with Crippen LogP contribution in [-0.4, -0.2) is 30.1 Å². The second-order valence-electron chi connectivity index (χ2n) is 6.62. The molecule has 142 valence electrons. The van der Waals surface area contributed by atoms with E-state index in [-0.39, 0.29) is 12.2 Å². The van der Waals surface area contributed by atoms with Gasteiger partial charge >= 0.3 is 6.09 Å². The van der Waals surface area contributed by atoms with E-state index in [1.54, 1.807) is 18.2 Å². The number of guanidine groups is 1. The van der Waals surface area contributed by atoms with Crippen molar-refractivity contribution >= 4 is 17.7 Å². The van der Waals surface area contributed by atoms with E-state index in [1.165, 1.54) is 5.56 Å². The molecule has 1 aliphatic rings. The summed E-state index contributed by atoms with van der Waals surface area (Å²) in [5.41, 5.74) is 13.2. The first-order valence-electron chi connectivity index (χ1n) is 8.62. The zero-order valence-corrected chi connectivity index (χ0v) is 15.1. The van der Waals surface area contributed by atoms with E-state index in [2.05, 4.69) is 16.0 Å².